The summed E-state index contributed by atoms with van der Waals surface area (Å²) in [7, 11) is 0. The third-order valence-electron chi connectivity index (χ3n) is 3.28. The highest BCUT2D eigenvalue weighted by atomic mass is 16.5. The van der Waals surface area contributed by atoms with Crippen molar-refractivity contribution in [3.8, 4) is 5.75 Å². The lowest BCUT2D eigenvalue weighted by molar-refractivity contribution is 0.356. The number of aryl methyl sites for hydroxylation is 1. The molecule has 1 heterocycles. The van der Waals surface area contributed by atoms with E-state index >= 15 is 0 Å². The standard InChI is InChI=1S/C12H15NO/c13-11-2-1-8-5-9-3-4-14-12(9)7-10(8)6-11/h5,7,11H,1-4,6,13H2. The van der Waals surface area contributed by atoms with E-state index in [9.17, 15) is 0 Å². The number of ether oxygens (including phenoxy) is 1. The highest BCUT2D eigenvalue weighted by molar-refractivity contribution is 5.46. The maximum absolute atomic E-state index is 5.95. The fourth-order valence-corrected chi connectivity index (χ4v) is 2.47. The molecule has 0 saturated carbocycles. The first-order valence-electron chi connectivity index (χ1n) is 5.36. The Balaban J connectivity index is 2.06. The van der Waals surface area contributed by atoms with Crippen molar-refractivity contribution in [2.75, 3.05) is 6.61 Å². The molecule has 2 nitrogen and oxygen atoms in total. The Morgan fingerprint density at radius 1 is 1.14 bits per heavy atom. The van der Waals surface area contributed by atoms with E-state index in [0.717, 1.165) is 38.0 Å². The van der Waals surface area contributed by atoms with Crippen LogP contribution in [0.5, 0.6) is 5.75 Å². The minimum atomic E-state index is 0.349. The van der Waals surface area contributed by atoms with Gasteiger partial charge in [0.15, 0.2) is 0 Å². The summed E-state index contributed by atoms with van der Waals surface area (Å²) < 4.78 is 5.56. The van der Waals surface area contributed by atoms with E-state index in [4.69, 9.17) is 10.5 Å². The summed E-state index contributed by atoms with van der Waals surface area (Å²) in [6.45, 7) is 0.851. The molecule has 2 N–H and O–H groups in total. The van der Waals surface area contributed by atoms with E-state index in [2.05, 4.69) is 12.1 Å². The molecule has 2 heteroatoms. The zero-order valence-corrected chi connectivity index (χ0v) is 8.25. The summed E-state index contributed by atoms with van der Waals surface area (Å²) in [5.74, 6) is 1.10. The number of hydrogen-bond donors (Lipinski definition) is 1. The Morgan fingerprint density at radius 2 is 2.07 bits per heavy atom. The van der Waals surface area contributed by atoms with Crippen molar-refractivity contribution in [1.82, 2.24) is 0 Å². The van der Waals surface area contributed by atoms with Gasteiger partial charge in [-0.1, -0.05) is 6.07 Å². The quantitative estimate of drug-likeness (QED) is 0.670. The van der Waals surface area contributed by atoms with Crippen molar-refractivity contribution < 1.29 is 4.74 Å². The van der Waals surface area contributed by atoms with Gasteiger partial charge in [0, 0.05) is 12.5 Å². The molecule has 0 saturated heterocycles. The molecule has 1 aliphatic heterocycles. The monoisotopic (exact) mass is 189 g/mol. The molecule has 0 bridgehead atoms. The molecule has 0 fully saturated rings. The zero-order chi connectivity index (χ0) is 9.54. The molecule has 0 aromatic heterocycles. The molecule has 14 heavy (non-hydrogen) atoms. The molecule has 0 radical (unpaired) electrons. The zero-order valence-electron chi connectivity index (χ0n) is 8.25. The molecule has 1 atom stereocenters. The second kappa shape index (κ2) is 2.99. The SMILES string of the molecule is NC1CCc2cc3c(cc2C1)OCC3. The molecule has 1 unspecified atom stereocenters. The van der Waals surface area contributed by atoms with Crippen molar-refractivity contribution >= 4 is 0 Å². The van der Waals surface area contributed by atoms with Crippen LogP contribution in [-0.4, -0.2) is 12.6 Å². The van der Waals surface area contributed by atoms with E-state index in [1.54, 1.807) is 0 Å². The molecule has 74 valence electrons. The van der Waals surface area contributed by atoms with Crippen LogP contribution in [0.4, 0.5) is 0 Å². The van der Waals surface area contributed by atoms with Gasteiger partial charge in [0.05, 0.1) is 6.61 Å². The first kappa shape index (κ1) is 8.30. The van der Waals surface area contributed by atoms with Crippen molar-refractivity contribution in [2.24, 2.45) is 5.73 Å². The Bertz CT molecular complexity index is 373. The average Bonchev–Trinajstić information content (AvgIpc) is 2.61. The van der Waals surface area contributed by atoms with Crippen molar-refractivity contribution in [1.29, 1.82) is 0 Å². The summed E-state index contributed by atoms with van der Waals surface area (Å²) in [6, 6.07) is 4.88. The summed E-state index contributed by atoms with van der Waals surface area (Å²) in [6.07, 6.45) is 4.37. The summed E-state index contributed by atoms with van der Waals surface area (Å²) in [5, 5.41) is 0. The lowest BCUT2D eigenvalue weighted by atomic mass is 9.87. The lowest BCUT2D eigenvalue weighted by Gasteiger charge is -2.22. The third kappa shape index (κ3) is 1.22. The minimum absolute atomic E-state index is 0.349. The van der Waals surface area contributed by atoms with Crippen LogP contribution in [0.15, 0.2) is 12.1 Å². The Morgan fingerprint density at radius 3 is 3.00 bits per heavy atom. The summed E-state index contributed by atoms with van der Waals surface area (Å²) >= 11 is 0. The highest BCUT2D eigenvalue weighted by Crippen LogP contribution is 2.32. The average molecular weight is 189 g/mol. The van der Waals surface area contributed by atoms with Gasteiger partial charge in [0.25, 0.3) is 0 Å². The highest BCUT2D eigenvalue weighted by Gasteiger charge is 2.20. The van der Waals surface area contributed by atoms with Gasteiger partial charge in [-0.25, -0.2) is 0 Å². The van der Waals surface area contributed by atoms with Crippen LogP contribution >= 0.6 is 0 Å². The van der Waals surface area contributed by atoms with Crippen LogP contribution in [0.25, 0.3) is 0 Å². The normalized spacial score (nSPS) is 23.9. The summed E-state index contributed by atoms with van der Waals surface area (Å²) in [5.41, 5.74) is 10.2. The second-order valence-electron chi connectivity index (χ2n) is 4.33. The van der Waals surface area contributed by atoms with Crippen molar-refractivity contribution in [3.63, 3.8) is 0 Å². The van der Waals surface area contributed by atoms with E-state index in [1.807, 2.05) is 0 Å². The Kier molecular flexibility index (Phi) is 1.77. The molecular formula is C12H15NO. The molecular weight excluding hydrogens is 174 g/mol. The van der Waals surface area contributed by atoms with Crippen LogP contribution in [-0.2, 0) is 19.3 Å². The van der Waals surface area contributed by atoms with Gasteiger partial charge in [-0.3, -0.25) is 0 Å². The lowest BCUT2D eigenvalue weighted by Crippen LogP contribution is -2.27. The Labute approximate surface area is 84.1 Å². The molecule has 1 aromatic carbocycles. The van der Waals surface area contributed by atoms with E-state index in [-0.39, 0.29) is 0 Å². The minimum Gasteiger partial charge on any atom is -0.493 e. The van der Waals surface area contributed by atoms with Crippen LogP contribution < -0.4 is 10.5 Å². The predicted octanol–water partition coefficient (Wildman–Crippen LogP) is 1.44. The smallest absolute Gasteiger partial charge is 0.122 e. The fraction of sp³-hybridized carbons (Fsp3) is 0.500. The third-order valence-corrected chi connectivity index (χ3v) is 3.28. The van der Waals surface area contributed by atoms with Gasteiger partial charge >= 0.3 is 0 Å². The molecule has 1 aliphatic carbocycles. The van der Waals surface area contributed by atoms with Gasteiger partial charge in [-0.05, 0) is 42.0 Å². The van der Waals surface area contributed by atoms with Gasteiger partial charge in [0.2, 0.25) is 0 Å². The van der Waals surface area contributed by atoms with E-state index < -0.39 is 0 Å². The Hall–Kier alpha value is -1.02. The van der Waals surface area contributed by atoms with Crippen LogP contribution in [0, 0.1) is 0 Å². The number of nitrogens with two attached hydrogens (primary N) is 1. The number of benzene rings is 1. The van der Waals surface area contributed by atoms with Crippen LogP contribution in [0.3, 0.4) is 0 Å². The first-order chi connectivity index (χ1) is 6.83. The van der Waals surface area contributed by atoms with Crippen molar-refractivity contribution in [3.05, 3.63) is 28.8 Å². The van der Waals surface area contributed by atoms with E-state index in [1.165, 1.54) is 16.7 Å². The molecule has 2 aliphatic rings. The molecule has 1 aromatic rings. The number of rotatable bonds is 0. The van der Waals surface area contributed by atoms with E-state index in [0.29, 0.717) is 6.04 Å². The molecule has 0 spiro atoms. The first-order valence-corrected chi connectivity index (χ1v) is 5.36. The van der Waals surface area contributed by atoms with Crippen LogP contribution in [0.2, 0.25) is 0 Å². The number of fused-ring (bicyclic) bond motifs is 2. The van der Waals surface area contributed by atoms with Gasteiger partial charge < -0.3 is 10.5 Å². The van der Waals surface area contributed by atoms with Crippen molar-refractivity contribution in [2.45, 2.75) is 31.7 Å². The molecule has 0 amide bonds. The predicted molar refractivity (Wildman–Crippen MR) is 55.6 cm³/mol. The molecule has 3 rings (SSSR count). The van der Waals surface area contributed by atoms with Gasteiger partial charge in [0.1, 0.15) is 5.75 Å². The topological polar surface area (TPSA) is 35.2 Å². The van der Waals surface area contributed by atoms with Gasteiger partial charge in [-0.15, -0.1) is 0 Å². The second-order valence-corrected chi connectivity index (χ2v) is 4.33. The maximum atomic E-state index is 5.95. The van der Waals surface area contributed by atoms with Gasteiger partial charge in [-0.2, -0.15) is 0 Å². The summed E-state index contributed by atoms with van der Waals surface area (Å²) in [4.78, 5) is 0. The number of hydrogen-bond acceptors (Lipinski definition) is 2. The fourth-order valence-electron chi connectivity index (χ4n) is 2.47. The largest absolute Gasteiger partial charge is 0.493 e. The maximum Gasteiger partial charge on any atom is 0.122 e. The van der Waals surface area contributed by atoms with Crippen LogP contribution in [0.1, 0.15) is 23.1 Å².